The van der Waals surface area contributed by atoms with E-state index in [2.05, 4.69) is 10.3 Å². The van der Waals surface area contributed by atoms with Crippen LogP contribution in [0.3, 0.4) is 0 Å². The van der Waals surface area contributed by atoms with E-state index in [0.717, 1.165) is 18.4 Å². The van der Waals surface area contributed by atoms with E-state index in [4.69, 9.17) is 0 Å². The molecular formula is C13H18N2O3S. The lowest BCUT2D eigenvalue weighted by Crippen LogP contribution is -2.39. The highest BCUT2D eigenvalue weighted by Crippen LogP contribution is 2.19. The van der Waals surface area contributed by atoms with Crippen LogP contribution in [-0.2, 0) is 9.84 Å². The Kier molecular flexibility index (Phi) is 4.19. The molecule has 1 aliphatic heterocycles. The van der Waals surface area contributed by atoms with Gasteiger partial charge in [-0.15, -0.1) is 0 Å². The van der Waals surface area contributed by atoms with Crippen molar-refractivity contribution in [3.63, 3.8) is 0 Å². The molecule has 1 amide bonds. The van der Waals surface area contributed by atoms with Gasteiger partial charge in [0.25, 0.3) is 5.91 Å². The van der Waals surface area contributed by atoms with Gasteiger partial charge < -0.3 is 5.32 Å². The van der Waals surface area contributed by atoms with Gasteiger partial charge in [-0.25, -0.2) is 8.42 Å². The van der Waals surface area contributed by atoms with Crippen LogP contribution in [0.2, 0.25) is 0 Å². The zero-order chi connectivity index (χ0) is 13.9. The lowest BCUT2D eigenvalue weighted by atomic mass is 10.1. The predicted octanol–water partition coefficient (Wildman–Crippen LogP) is 1.09. The van der Waals surface area contributed by atoms with Crippen LogP contribution >= 0.6 is 0 Å². The van der Waals surface area contributed by atoms with Gasteiger partial charge in [-0.1, -0.05) is 6.42 Å². The molecule has 2 heterocycles. The molecule has 19 heavy (non-hydrogen) atoms. The fourth-order valence-corrected chi connectivity index (χ4v) is 4.06. The molecule has 2 rings (SSSR count). The monoisotopic (exact) mass is 282 g/mol. The van der Waals surface area contributed by atoms with Crippen molar-refractivity contribution < 1.29 is 13.2 Å². The highest BCUT2D eigenvalue weighted by Gasteiger charge is 2.29. The maximum absolute atomic E-state index is 12.0. The maximum atomic E-state index is 12.0. The van der Waals surface area contributed by atoms with Crippen LogP contribution in [0, 0.1) is 6.92 Å². The van der Waals surface area contributed by atoms with Gasteiger partial charge in [0.15, 0.2) is 9.84 Å². The van der Waals surface area contributed by atoms with Gasteiger partial charge in [-0.3, -0.25) is 9.78 Å². The van der Waals surface area contributed by atoms with Crippen molar-refractivity contribution in [2.24, 2.45) is 0 Å². The molecule has 1 aromatic rings. The van der Waals surface area contributed by atoms with E-state index in [0.29, 0.717) is 12.0 Å². The van der Waals surface area contributed by atoms with Gasteiger partial charge >= 0.3 is 0 Å². The Labute approximate surface area is 113 Å². The molecule has 0 bridgehead atoms. The number of rotatable bonds is 3. The second-order valence-corrected chi connectivity index (χ2v) is 7.29. The van der Waals surface area contributed by atoms with E-state index in [1.165, 1.54) is 6.20 Å². The lowest BCUT2D eigenvalue weighted by molar-refractivity contribution is 0.0952. The highest BCUT2D eigenvalue weighted by molar-refractivity contribution is 7.92. The van der Waals surface area contributed by atoms with Crippen molar-refractivity contribution >= 4 is 15.7 Å². The van der Waals surface area contributed by atoms with Gasteiger partial charge in [0.05, 0.1) is 16.6 Å². The molecule has 6 heteroatoms. The highest BCUT2D eigenvalue weighted by atomic mass is 32.2. The van der Waals surface area contributed by atoms with Gasteiger partial charge in [-0.05, 0) is 31.4 Å². The maximum Gasteiger partial charge on any atom is 0.253 e. The first-order valence-corrected chi connectivity index (χ1v) is 8.12. The minimum atomic E-state index is -3.04. The van der Waals surface area contributed by atoms with Crippen molar-refractivity contribution in [3.8, 4) is 0 Å². The third kappa shape index (κ3) is 3.32. The number of nitrogens with zero attached hydrogens (tertiary/aromatic N) is 1. The first kappa shape index (κ1) is 14.0. The first-order valence-electron chi connectivity index (χ1n) is 6.41. The molecule has 104 valence electrons. The zero-order valence-corrected chi connectivity index (χ0v) is 11.7. The molecule has 1 fully saturated rings. The zero-order valence-electron chi connectivity index (χ0n) is 10.9. The summed E-state index contributed by atoms with van der Waals surface area (Å²) in [5.41, 5.74) is 1.33. The van der Waals surface area contributed by atoms with Crippen molar-refractivity contribution in [1.29, 1.82) is 0 Å². The van der Waals surface area contributed by atoms with Crippen molar-refractivity contribution in [2.75, 3.05) is 12.3 Å². The molecule has 0 radical (unpaired) electrons. The number of hydrogen-bond donors (Lipinski definition) is 1. The van der Waals surface area contributed by atoms with Crippen LogP contribution in [0.25, 0.3) is 0 Å². The van der Waals surface area contributed by atoms with Crippen LogP contribution in [-0.4, -0.2) is 36.9 Å². The van der Waals surface area contributed by atoms with E-state index in [-0.39, 0.29) is 18.2 Å². The van der Waals surface area contributed by atoms with Crippen molar-refractivity contribution in [1.82, 2.24) is 10.3 Å². The third-order valence-electron chi connectivity index (χ3n) is 3.49. The molecule has 0 aliphatic carbocycles. The van der Waals surface area contributed by atoms with E-state index in [1.807, 2.05) is 6.92 Å². The Morgan fingerprint density at radius 2 is 2.26 bits per heavy atom. The normalized spacial score (nSPS) is 21.8. The molecule has 1 N–H and O–H groups in total. The van der Waals surface area contributed by atoms with E-state index >= 15 is 0 Å². The number of aryl methyl sites for hydroxylation is 1. The summed E-state index contributed by atoms with van der Waals surface area (Å²) in [5.74, 6) is -0.0224. The molecule has 1 aromatic heterocycles. The molecule has 0 unspecified atom stereocenters. The molecule has 0 spiro atoms. The lowest BCUT2D eigenvalue weighted by Gasteiger charge is -2.22. The summed E-state index contributed by atoms with van der Waals surface area (Å²) in [6, 6.07) is 1.76. The fourth-order valence-electron chi connectivity index (χ4n) is 2.25. The van der Waals surface area contributed by atoms with E-state index in [9.17, 15) is 13.2 Å². The molecule has 1 atom stereocenters. The Hall–Kier alpha value is -1.43. The Balaban J connectivity index is 1.99. The summed E-state index contributed by atoms with van der Waals surface area (Å²) in [6.07, 6.45) is 5.40. The summed E-state index contributed by atoms with van der Waals surface area (Å²) in [7, 11) is -3.04. The van der Waals surface area contributed by atoms with E-state index in [1.54, 1.807) is 12.3 Å². The summed E-state index contributed by atoms with van der Waals surface area (Å²) in [6.45, 7) is 2.02. The van der Waals surface area contributed by atoms with E-state index < -0.39 is 15.1 Å². The summed E-state index contributed by atoms with van der Waals surface area (Å²) in [5, 5.41) is 2.26. The Morgan fingerprint density at radius 3 is 2.95 bits per heavy atom. The summed E-state index contributed by atoms with van der Waals surface area (Å²) >= 11 is 0. The number of carbonyl (C=O) groups excluding carboxylic acids is 1. The summed E-state index contributed by atoms with van der Waals surface area (Å²) < 4.78 is 23.7. The average Bonchev–Trinajstić information content (AvgIpc) is 2.37. The van der Waals surface area contributed by atoms with Gasteiger partial charge in [0, 0.05) is 18.9 Å². The third-order valence-corrected chi connectivity index (χ3v) is 5.76. The molecule has 5 nitrogen and oxygen atoms in total. The van der Waals surface area contributed by atoms with Crippen LogP contribution < -0.4 is 5.32 Å². The van der Waals surface area contributed by atoms with Crippen LogP contribution in [0.15, 0.2) is 18.5 Å². The molecule has 0 saturated carbocycles. The predicted molar refractivity (Wildman–Crippen MR) is 72.7 cm³/mol. The van der Waals surface area contributed by atoms with Crippen LogP contribution in [0.4, 0.5) is 0 Å². The first-order chi connectivity index (χ1) is 9.00. The van der Waals surface area contributed by atoms with Crippen molar-refractivity contribution in [3.05, 3.63) is 29.6 Å². The molecule has 1 aliphatic rings. The standard InChI is InChI=1S/C13H18N2O3S/c1-10-5-6-14-9-12(10)13(16)15-8-11-4-2-3-7-19(11,17)18/h5-6,9,11H,2-4,7-8H2,1H3,(H,15,16)/t11-/m1/s1. The van der Waals surface area contributed by atoms with Gasteiger partial charge in [0.1, 0.15) is 0 Å². The Morgan fingerprint density at radius 1 is 1.47 bits per heavy atom. The second-order valence-electron chi connectivity index (χ2n) is 4.89. The minimum absolute atomic E-state index is 0.190. The second kappa shape index (κ2) is 5.69. The molecule has 0 aromatic carbocycles. The molecule has 1 saturated heterocycles. The topological polar surface area (TPSA) is 76.1 Å². The number of aromatic nitrogens is 1. The fraction of sp³-hybridized carbons (Fsp3) is 0.538. The van der Waals surface area contributed by atoms with Gasteiger partial charge in [-0.2, -0.15) is 0 Å². The van der Waals surface area contributed by atoms with Crippen LogP contribution in [0.5, 0.6) is 0 Å². The smallest absolute Gasteiger partial charge is 0.253 e. The number of nitrogens with one attached hydrogen (secondary N) is 1. The number of amides is 1. The molecular weight excluding hydrogens is 264 g/mol. The number of pyridine rings is 1. The SMILES string of the molecule is Cc1ccncc1C(=O)NC[C@H]1CCCCS1(=O)=O. The average molecular weight is 282 g/mol. The van der Waals surface area contributed by atoms with Crippen molar-refractivity contribution in [2.45, 2.75) is 31.4 Å². The van der Waals surface area contributed by atoms with Gasteiger partial charge in [0.2, 0.25) is 0 Å². The van der Waals surface area contributed by atoms with Crippen LogP contribution in [0.1, 0.15) is 35.2 Å². The number of hydrogen-bond acceptors (Lipinski definition) is 4. The minimum Gasteiger partial charge on any atom is -0.351 e. The number of carbonyl (C=O) groups is 1. The number of sulfone groups is 1. The quantitative estimate of drug-likeness (QED) is 0.900. The largest absolute Gasteiger partial charge is 0.351 e. The summed E-state index contributed by atoms with van der Waals surface area (Å²) in [4.78, 5) is 15.9. The Bertz CT molecular complexity index is 569.